The van der Waals surface area contributed by atoms with E-state index >= 15 is 0 Å². The lowest BCUT2D eigenvalue weighted by atomic mass is 9.80. The van der Waals surface area contributed by atoms with Gasteiger partial charge >= 0.3 is 0 Å². The molecule has 0 aliphatic heterocycles. The van der Waals surface area contributed by atoms with Crippen molar-refractivity contribution in [2.45, 2.75) is 12.5 Å². The summed E-state index contributed by atoms with van der Waals surface area (Å²) in [6.07, 6.45) is 1.52. The average Bonchev–Trinajstić information content (AvgIpc) is 3.23. The zero-order valence-electron chi connectivity index (χ0n) is 16.6. The number of nitrogens with zero attached hydrogens (tertiary/aromatic N) is 1. The number of para-hydroxylation sites is 1. The molecule has 2 aromatic heterocycles. The number of H-pyrrole nitrogens is 1. The lowest BCUT2D eigenvalue weighted by molar-refractivity contribution is 0.0935. The number of aromatic hydroxyl groups is 1. The molecule has 2 heterocycles. The standard InChI is InChI=1S/C24H17ClN2O5/c25-14-5-3-4-13(8-14)21(24-23(31)20(29)9-15(12-28)32-24)17(10-26)22(30)18-11-27-19-7-2-1-6-16(18)19/h1-9,11,17,21,27-28,31H,12H2. The summed E-state index contributed by atoms with van der Waals surface area (Å²) >= 11 is 6.14. The first-order valence-corrected chi connectivity index (χ1v) is 10.0. The minimum absolute atomic E-state index is 0.105. The molecule has 0 fully saturated rings. The van der Waals surface area contributed by atoms with Crippen LogP contribution in [0.4, 0.5) is 0 Å². The van der Waals surface area contributed by atoms with E-state index < -0.39 is 35.4 Å². The molecule has 3 N–H and O–H groups in total. The molecule has 8 heteroatoms. The minimum Gasteiger partial charge on any atom is -0.502 e. The Labute approximate surface area is 187 Å². The van der Waals surface area contributed by atoms with E-state index in [1.54, 1.807) is 36.4 Å². The van der Waals surface area contributed by atoms with Crippen molar-refractivity contribution in [3.05, 3.63) is 98.7 Å². The number of aliphatic hydroxyl groups excluding tert-OH is 1. The third-order valence-corrected chi connectivity index (χ3v) is 5.49. The molecule has 4 rings (SSSR count). The predicted octanol–water partition coefficient (Wildman–Crippen LogP) is 4.13. The molecular weight excluding hydrogens is 432 g/mol. The van der Waals surface area contributed by atoms with Crippen molar-refractivity contribution in [3.63, 3.8) is 0 Å². The average molecular weight is 449 g/mol. The molecule has 0 spiro atoms. The molecule has 2 unspecified atom stereocenters. The van der Waals surface area contributed by atoms with Gasteiger partial charge in [0, 0.05) is 33.8 Å². The summed E-state index contributed by atoms with van der Waals surface area (Å²) in [6.45, 7) is -0.599. The number of carbonyl (C=O) groups excluding carboxylic acids is 1. The predicted molar refractivity (Wildman–Crippen MR) is 118 cm³/mol. The molecule has 0 bridgehead atoms. The van der Waals surface area contributed by atoms with E-state index in [-0.39, 0.29) is 11.5 Å². The van der Waals surface area contributed by atoms with E-state index in [0.29, 0.717) is 21.5 Å². The Morgan fingerprint density at radius 1 is 1.19 bits per heavy atom. The summed E-state index contributed by atoms with van der Waals surface area (Å²) in [4.78, 5) is 28.8. The van der Waals surface area contributed by atoms with Crippen LogP contribution in [-0.2, 0) is 6.61 Å². The number of hydrogen-bond acceptors (Lipinski definition) is 6. The zero-order chi connectivity index (χ0) is 22.8. The van der Waals surface area contributed by atoms with Crippen LogP contribution in [0, 0.1) is 17.2 Å². The summed E-state index contributed by atoms with van der Waals surface area (Å²) in [7, 11) is 0. The second-order valence-corrected chi connectivity index (χ2v) is 7.64. The number of benzene rings is 2. The highest BCUT2D eigenvalue weighted by molar-refractivity contribution is 6.30. The Hall–Kier alpha value is -3.86. The fourth-order valence-corrected chi connectivity index (χ4v) is 3.97. The smallest absolute Gasteiger partial charge is 0.227 e. The van der Waals surface area contributed by atoms with Gasteiger partial charge in [0.15, 0.2) is 11.5 Å². The van der Waals surface area contributed by atoms with Crippen molar-refractivity contribution in [2.24, 2.45) is 5.92 Å². The van der Waals surface area contributed by atoms with Crippen molar-refractivity contribution < 1.29 is 19.4 Å². The first kappa shape index (κ1) is 21.4. The van der Waals surface area contributed by atoms with Crippen LogP contribution in [0.15, 0.2) is 70.0 Å². The fourth-order valence-electron chi connectivity index (χ4n) is 3.77. The highest BCUT2D eigenvalue weighted by Gasteiger charge is 2.37. The third kappa shape index (κ3) is 3.78. The van der Waals surface area contributed by atoms with Gasteiger partial charge in [0.25, 0.3) is 0 Å². The molecule has 7 nitrogen and oxygen atoms in total. The van der Waals surface area contributed by atoms with Crippen LogP contribution >= 0.6 is 11.6 Å². The van der Waals surface area contributed by atoms with Gasteiger partial charge in [-0.1, -0.05) is 41.9 Å². The summed E-state index contributed by atoms with van der Waals surface area (Å²) in [5.74, 6) is -4.17. The molecule has 160 valence electrons. The van der Waals surface area contributed by atoms with Gasteiger partial charge in [-0.05, 0) is 23.8 Å². The number of ketones is 1. The van der Waals surface area contributed by atoms with Gasteiger partial charge in [0.05, 0.1) is 12.0 Å². The maximum absolute atomic E-state index is 13.5. The Bertz CT molecular complexity index is 1420. The number of nitriles is 1. The number of hydrogen-bond donors (Lipinski definition) is 3. The number of nitrogens with one attached hydrogen (secondary N) is 1. The fraction of sp³-hybridized carbons (Fsp3) is 0.125. The lowest BCUT2D eigenvalue weighted by Gasteiger charge is -2.22. The molecule has 4 aromatic rings. The van der Waals surface area contributed by atoms with Crippen LogP contribution in [0.5, 0.6) is 5.75 Å². The highest BCUT2D eigenvalue weighted by atomic mass is 35.5. The number of aromatic nitrogens is 1. The van der Waals surface area contributed by atoms with E-state index in [0.717, 1.165) is 11.6 Å². The van der Waals surface area contributed by atoms with Crippen LogP contribution in [-0.4, -0.2) is 21.0 Å². The molecule has 0 saturated carbocycles. The monoisotopic (exact) mass is 448 g/mol. The summed E-state index contributed by atoms with van der Waals surface area (Å²) in [5.41, 5.74) is 0.618. The van der Waals surface area contributed by atoms with Crippen molar-refractivity contribution in [3.8, 4) is 11.8 Å². The number of fused-ring (bicyclic) bond motifs is 1. The van der Waals surface area contributed by atoms with Gasteiger partial charge in [-0.2, -0.15) is 5.26 Å². The number of halogens is 1. The van der Waals surface area contributed by atoms with Crippen LogP contribution in [0.1, 0.15) is 33.4 Å². The quantitative estimate of drug-likeness (QED) is 0.380. The topological polar surface area (TPSA) is 127 Å². The maximum atomic E-state index is 13.5. The molecule has 0 aliphatic carbocycles. The summed E-state index contributed by atoms with van der Waals surface area (Å²) < 4.78 is 5.58. The Balaban J connectivity index is 1.93. The first-order valence-electron chi connectivity index (χ1n) is 9.66. The van der Waals surface area contributed by atoms with Gasteiger partial charge < -0.3 is 19.6 Å². The molecule has 2 aromatic carbocycles. The normalized spacial score (nSPS) is 12.9. The van der Waals surface area contributed by atoms with Gasteiger partial charge in [-0.25, -0.2) is 0 Å². The van der Waals surface area contributed by atoms with Crippen molar-refractivity contribution in [1.29, 1.82) is 5.26 Å². The SMILES string of the molecule is N#CC(C(=O)c1c[nH]c2ccccc12)C(c1cccc(Cl)c1)c1oc(CO)cc(=O)c1O. The second kappa shape index (κ2) is 8.71. The van der Waals surface area contributed by atoms with Crippen LogP contribution in [0.2, 0.25) is 5.02 Å². The number of Topliss-reactive ketones (excluding diaryl/α,β-unsaturated/α-hetero) is 1. The van der Waals surface area contributed by atoms with Crippen LogP contribution in [0.25, 0.3) is 10.9 Å². The van der Waals surface area contributed by atoms with Gasteiger partial charge in [0.2, 0.25) is 11.2 Å². The van der Waals surface area contributed by atoms with E-state index in [2.05, 4.69) is 4.98 Å². The third-order valence-electron chi connectivity index (χ3n) is 5.26. The first-order chi connectivity index (χ1) is 15.4. The van der Waals surface area contributed by atoms with Crippen molar-refractivity contribution in [1.82, 2.24) is 4.98 Å². The number of carbonyl (C=O) groups is 1. The largest absolute Gasteiger partial charge is 0.502 e. The number of rotatable bonds is 6. The molecule has 0 aliphatic rings. The highest BCUT2D eigenvalue weighted by Crippen LogP contribution is 2.39. The van der Waals surface area contributed by atoms with Crippen LogP contribution < -0.4 is 5.43 Å². The molecule has 0 saturated heterocycles. The molecule has 32 heavy (non-hydrogen) atoms. The Morgan fingerprint density at radius 3 is 2.69 bits per heavy atom. The van der Waals surface area contributed by atoms with Gasteiger partial charge in [-0.3, -0.25) is 9.59 Å². The summed E-state index contributed by atoms with van der Waals surface area (Å²) in [5, 5.41) is 31.0. The minimum atomic E-state index is -1.37. The molecule has 2 atom stereocenters. The van der Waals surface area contributed by atoms with Crippen LogP contribution in [0.3, 0.4) is 0 Å². The number of aliphatic hydroxyl groups is 1. The maximum Gasteiger partial charge on any atom is 0.227 e. The molecule has 0 amide bonds. The molecular formula is C24H17ClN2O5. The number of aromatic amines is 1. The van der Waals surface area contributed by atoms with Gasteiger partial charge in [-0.15, -0.1) is 0 Å². The van der Waals surface area contributed by atoms with E-state index in [4.69, 9.17) is 16.0 Å². The van der Waals surface area contributed by atoms with E-state index in [1.807, 2.05) is 12.1 Å². The molecule has 0 radical (unpaired) electrons. The van der Waals surface area contributed by atoms with Crippen molar-refractivity contribution in [2.75, 3.05) is 0 Å². The summed E-state index contributed by atoms with van der Waals surface area (Å²) in [6, 6.07) is 16.5. The van der Waals surface area contributed by atoms with Gasteiger partial charge in [0.1, 0.15) is 18.3 Å². The Morgan fingerprint density at radius 2 is 1.97 bits per heavy atom. The second-order valence-electron chi connectivity index (χ2n) is 7.20. The zero-order valence-corrected chi connectivity index (χ0v) is 17.3. The van der Waals surface area contributed by atoms with E-state index in [1.165, 1.54) is 12.3 Å². The van der Waals surface area contributed by atoms with Crippen molar-refractivity contribution >= 4 is 28.3 Å². The Kier molecular flexibility index (Phi) is 5.82. The van der Waals surface area contributed by atoms with E-state index in [9.17, 15) is 25.1 Å². The lowest BCUT2D eigenvalue weighted by Crippen LogP contribution is -2.24.